The Hall–Kier alpha value is -0.890. The molecule has 16 heavy (non-hydrogen) atoms. The van der Waals surface area contributed by atoms with Gasteiger partial charge < -0.3 is 5.32 Å². The van der Waals surface area contributed by atoms with Crippen molar-refractivity contribution in [2.75, 3.05) is 0 Å². The van der Waals surface area contributed by atoms with Gasteiger partial charge in [-0.1, -0.05) is 32.4 Å². The third kappa shape index (κ3) is 2.62. The third-order valence-electron chi connectivity index (χ3n) is 3.36. The summed E-state index contributed by atoms with van der Waals surface area (Å²) in [4.78, 5) is 0. The van der Waals surface area contributed by atoms with E-state index >= 15 is 0 Å². The van der Waals surface area contributed by atoms with E-state index in [0.29, 0.717) is 18.0 Å². The molecule has 1 aromatic carbocycles. The zero-order valence-corrected chi connectivity index (χ0v) is 10.0. The average molecular weight is 221 g/mol. The summed E-state index contributed by atoms with van der Waals surface area (Å²) in [7, 11) is 0. The minimum absolute atomic E-state index is 0.143. The van der Waals surface area contributed by atoms with Crippen LogP contribution in [-0.2, 0) is 0 Å². The second-order valence-corrected chi connectivity index (χ2v) is 5.02. The molecule has 2 heteroatoms. The van der Waals surface area contributed by atoms with Gasteiger partial charge in [0.25, 0.3) is 0 Å². The Morgan fingerprint density at radius 3 is 2.50 bits per heavy atom. The predicted molar refractivity (Wildman–Crippen MR) is 65.1 cm³/mol. The Morgan fingerprint density at radius 2 is 1.88 bits per heavy atom. The number of hydrogen-bond acceptors (Lipinski definition) is 1. The molecule has 1 nitrogen and oxygen atoms in total. The molecule has 0 bridgehead atoms. The second kappa shape index (κ2) is 4.96. The van der Waals surface area contributed by atoms with Crippen molar-refractivity contribution in [3.05, 3.63) is 35.6 Å². The van der Waals surface area contributed by atoms with E-state index in [9.17, 15) is 4.39 Å². The van der Waals surface area contributed by atoms with Crippen LogP contribution < -0.4 is 5.32 Å². The monoisotopic (exact) mass is 221 g/mol. The molecule has 1 N–H and O–H groups in total. The van der Waals surface area contributed by atoms with Gasteiger partial charge in [-0.05, 0) is 36.5 Å². The first kappa shape index (κ1) is 11.6. The molecule has 0 saturated heterocycles. The first-order chi connectivity index (χ1) is 7.66. The highest BCUT2D eigenvalue weighted by molar-refractivity contribution is 5.23. The maximum Gasteiger partial charge on any atom is 0.123 e. The van der Waals surface area contributed by atoms with Crippen molar-refractivity contribution >= 4 is 0 Å². The Kier molecular flexibility index (Phi) is 3.59. The number of halogens is 1. The number of benzene rings is 1. The minimum atomic E-state index is -0.143. The fraction of sp³-hybridized carbons (Fsp3) is 0.571. The average Bonchev–Trinajstić information content (AvgIpc) is 2.66. The van der Waals surface area contributed by atoms with Crippen molar-refractivity contribution in [3.8, 4) is 0 Å². The normalized spacial score (nSPS) is 25.2. The molecule has 1 aliphatic rings. The fourth-order valence-corrected chi connectivity index (χ4v) is 2.70. The van der Waals surface area contributed by atoms with Gasteiger partial charge in [0.05, 0.1) is 0 Å². The lowest BCUT2D eigenvalue weighted by molar-refractivity contribution is 0.436. The molecule has 0 aromatic heterocycles. The van der Waals surface area contributed by atoms with Gasteiger partial charge in [0.1, 0.15) is 5.82 Å². The van der Waals surface area contributed by atoms with Gasteiger partial charge in [-0.2, -0.15) is 0 Å². The van der Waals surface area contributed by atoms with Gasteiger partial charge in [-0.15, -0.1) is 0 Å². The predicted octanol–water partition coefficient (Wildman–Crippen LogP) is 3.46. The Bertz CT molecular complexity index is 331. The van der Waals surface area contributed by atoms with Crippen LogP contribution in [0.2, 0.25) is 0 Å². The quantitative estimate of drug-likeness (QED) is 0.824. The maximum absolute atomic E-state index is 12.9. The van der Waals surface area contributed by atoms with Crippen molar-refractivity contribution in [1.82, 2.24) is 5.32 Å². The van der Waals surface area contributed by atoms with Crippen LogP contribution in [0.15, 0.2) is 24.3 Å². The van der Waals surface area contributed by atoms with Crippen LogP contribution in [0.25, 0.3) is 0 Å². The van der Waals surface area contributed by atoms with E-state index < -0.39 is 0 Å². The van der Waals surface area contributed by atoms with E-state index in [1.165, 1.54) is 24.8 Å². The van der Waals surface area contributed by atoms with Crippen LogP contribution in [0, 0.1) is 5.82 Å². The van der Waals surface area contributed by atoms with Crippen molar-refractivity contribution in [2.24, 2.45) is 0 Å². The van der Waals surface area contributed by atoms with Crippen molar-refractivity contribution < 1.29 is 4.39 Å². The fourth-order valence-electron chi connectivity index (χ4n) is 2.70. The standard InChI is InChI=1S/C14H20FN/c1-10(2)16-14-5-3-4-13(14)11-6-8-12(15)9-7-11/h6-10,13-14,16H,3-5H2,1-2H3. The summed E-state index contributed by atoms with van der Waals surface area (Å²) < 4.78 is 12.9. The summed E-state index contributed by atoms with van der Waals surface area (Å²) in [6.07, 6.45) is 3.72. The summed E-state index contributed by atoms with van der Waals surface area (Å²) in [6.45, 7) is 4.36. The van der Waals surface area contributed by atoms with E-state index in [-0.39, 0.29) is 5.82 Å². The van der Waals surface area contributed by atoms with Crippen LogP contribution in [-0.4, -0.2) is 12.1 Å². The summed E-state index contributed by atoms with van der Waals surface area (Å²) >= 11 is 0. The molecule has 1 fully saturated rings. The zero-order chi connectivity index (χ0) is 11.5. The first-order valence-electron chi connectivity index (χ1n) is 6.18. The van der Waals surface area contributed by atoms with Crippen molar-refractivity contribution in [2.45, 2.75) is 51.1 Å². The molecule has 2 atom stereocenters. The van der Waals surface area contributed by atoms with Crippen molar-refractivity contribution in [3.63, 3.8) is 0 Å². The number of rotatable bonds is 3. The number of nitrogens with one attached hydrogen (secondary N) is 1. The van der Waals surface area contributed by atoms with Crippen molar-refractivity contribution in [1.29, 1.82) is 0 Å². The highest BCUT2D eigenvalue weighted by atomic mass is 19.1. The smallest absolute Gasteiger partial charge is 0.123 e. The second-order valence-electron chi connectivity index (χ2n) is 5.02. The third-order valence-corrected chi connectivity index (χ3v) is 3.36. The molecule has 0 amide bonds. The van der Waals surface area contributed by atoms with E-state index in [1.807, 2.05) is 12.1 Å². The maximum atomic E-state index is 12.9. The lowest BCUT2D eigenvalue weighted by Crippen LogP contribution is -2.36. The Balaban J connectivity index is 2.10. The van der Waals surface area contributed by atoms with E-state index in [1.54, 1.807) is 12.1 Å². The zero-order valence-electron chi connectivity index (χ0n) is 10.0. The van der Waals surface area contributed by atoms with E-state index in [4.69, 9.17) is 0 Å². The largest absolute Gasteiger partial charge is 0.311 e. The molecular formula is C14H20FN. The van der Waals surface area contributed by atoms with Gasteiger partial charge >= 0.3 is 0 Å². The molecule has 0 aliphatic heterocycles. The summed E-state index contributed by atoms with van der Waals surface area (Å²) in [5.41, 5.74) is 1.28. The molecule has 0 spiro atoms. The summed E-state index contributed by atoms with van der Waals surface area (Å²) in [5, 5.41) is 3.61. The molecule has 2 unspecified atom stereocenters. The summed E-state index contributed by atoms with van der Waals surface area (Å²) in [5.74, 6) is 0.415. The van der Waals surface area contributed by atoms with Crippen LogP contribution in [0.3, 0.4) is 0 Å². The minimum Gasteiger partial charge on any atom is -0.311 e. The van der Waals surface area contributed by atoms with Gasteiger partial charge in [0.15, 0.2) is 0 Å². The van der Waals surface area contributed by atoms with Gasteiger partial charge in [0, 0.05) is 12.1 Å². The van der Waals surface area contributed by atoms with Gasteiger partial charge in [-0.3, -0.25) is 0 Å². The molecule has 1 aliphatic carbocycles. The lowest BCUT2D eigenvalue weighted by atomic mass is 9.93. The van der Waals surface area contributed by atoms with Crippen LogP contribution in [0.5, 0.6) is 0 Å². The van der Waals surface area contributed by atoms with Crippen LogP contribution in [0.4, 0.5) is 4.39 Å². The molecule has 88 valence electrons. The van der Waals surface area contributed by atoms with Crippen LogP contribution in [0.1, 0.15) is 44.6 Å². The van der Waals surface area contributed by atoms with Gasteiger partial charge in [0.2, 0.25) is 0 Å². The Labute approximate surface area is 97.1 Å². The molecule has 1 aromatic rings. The summed E-state index contributed by atoms with van der Waals surface area (Å²) in [6, 6.07) is 8.08. The van der Waals surface area contributed by atoms with E-state index in [0.717, 1.165) is 0 Å². The highest BCUT2D eigenvalue weighted by Gasteiger charge is 2.28. The molecular weight excluding hydrogens is 201 g/mol. The number of hydrogen-bond donors (Lipinski definition) is 1. The lowest BCUT2D eigenvalue weighted by Gasteiger charge is -2.23. The topological polar surface area (TPSA) is 12.0 Å². The Morgan fingerprint density at radius 1 is 1.19 bits per heavy atom. The highest BCUT2D eigenvalue weighted by Crippen LogP contribution is 2.34. The van der Waals surface area contributed by atoms with Crippen LogP contribution >= 0.6 is 0 Å². The molecule has 1 saturated carbocycles. The molecule has 0 heterocycles. The molecule has 2 rings (SSSR count). The van der Waals surface area contributed by atoms with E-state index in [2.05, 4.69) is 19.2 Å². The SMILES string of the molecule is CC(C)NC1CCCC1c1ccc(F)cc1. The molecule has 0 radical (unpaired) electrons. The first-order valence-corrected chi connectivity index (χ1v) is 6.18. The van der Waals surface area contributed by atoms with Gasteiger partial charge in [-0.25, -0.2) is 4.39 Å².